The number of halogens is 4. The summed E-state index contributed by atoms with van der Waals surface area (Å²) in [6, 6.07) is 21.2. The van der Waals surface area contributed by atoms with Crippen molar-refractivity contribution in [3.8, 4) is 5.75 Å². The highest BCUT2D eigenvalue weighted by atomic mass is 35.5. The molecule has 1 aromatic heterocycles. The average molecular weight is 595 g/mol. The number of hydrogen-bond acceptors (Lipinski definition) is 4. The minimum absolute atomic E-state index is 0.0593. The highest BCUT2D eigenvalue weighted by Gasteiger charge is 2.32. The fourth-order valence-corrected chi connectivity index (χ4v) is 6.41. The molecule has 0 amide bonds. The minimum Gasteiger partial charge on any atom is -0.435 e. The SMILES string of the molecule is O=c1/c(=C/c2ccc(OC(F)F)cc2)sc2n1[C@@H](c1ccc(Cl)cc1)C1=C(N=2)/C(=C\c2ccc(Cl)cc2)CCC1. The standard InChI is InChI=1S/C31H22Cl2F2N2O2S/c32-22-10-4-18(5-11-22)16-21-2-1-3-25-27(21)36-31-37(28(25)20-8-12-23(33)13-9-20)29(38)26(40-31)17-19-6-14-24(15-7-19)39-30(34)35/h4-17,28,30H,1-3H2/b21-16-,26-17-/t28-/m0/s1. The molecule has 2 aliphatic rings. The van der Waals surface area contributed by atoms with Crippen molar-refractivity contribution in [1.29, 1.82) is 0 Å². The third kappa shape index (κ3) is 5.42. The van der Waals surface area contributed by atoms with Crippen molar-refractivity contribution in [2.45, 2.75) is 31.9 Å². The number of benzene rings is 3. The molecule has 0 N–H and O–H groups in total. The van der Waals surface area contributed by atoms with Crippen LogP contribution in [0, 0.1) is 0 Å². The van der Waals surface area contributed by atoms with Gasteiger partial charge in [-0.3, -0.25) is 9.36 Å². The van der Waals surface area contributed by atoms with Crippen LogP contribution in [-0.2, 0) is 0 Å². The van der Waals surface area contributed by atoms with E-state index in [0.29, 0.717) is 24.9 Å². The fourth-order valence-electron chi connectivity index (χ4n) is 5.16. The molecule has 0 saturated heterocycles. The Morgan fingerprint density at radius 2 is 1.52 bits per heavy atom. The molecule has 1 aliphatic carbocycles. The number of nitrogens with zero attached hydrogens (tertiary/aromatic N) is 2. The highest BCUT2D eigenvalue weighted by molar-refractivity contribution is 7.07. The smallest absolute Gasteiger partial charge is 0.387 e. The van der Waals surface area contributed by atoms with Gasteiger partial charge in [-0.1, -0.05) is 70.9 Å². The zero-order chi connectivity index (χ0) is 27.8. The Morgan fingerprint density at radius 3 is 2.20 bits per heavy atom. The van der Waals surface area contributed by atoms with E-state index in [1.807, 2.05) is 48.5 Å². The van der Waals surface area contributed by atoms with Gasteiger partial charge >= 0.3 is 6.61 Å². The summed E-state index contributed by atoms with van der Waals surface area (Å²) in [5, 5.41) is 1.30. The van der Waals surface area contributed by atoms with E-state index in [4.69, 9.17) is 28.2 Å². The first-order chi connectivity index (χ1) is 19.4. The highest BCUT2D eigenvalue weighted by Crippen LogP contribution is 2.41. The van der Waals surface area contributed by atoms with Crippen LogP contribution < -0.4 is 19.6 Å². The second kappa shape index (κ2) is 11.2. The normalized spacial score (nSPS) is 18.1. The predicted octanol–water partition coefficient (Wildman–Crippen LogP) is 7.39. The quantitative estimate of drug-likeness (QED) is 0.242. The molecule has 0 spiro atoms. The van der Waals surface area contributed by atoms with Gasteiger partial charge in [0, 0.05) is 10.0 Å². The maximum Gasteiger partial charge on any atom is 0.387 e. The number of ether oxygens (including phenoxy) is 1. The van der Waals surface area contributed by atoms with Crippen molar-refractivity contribution < 1.29 is 13.5 Å². The first-order valence-corrected chi connectivity index (χ1v) is 14.2. The van der Waals surface area contributed by atoms with Crippen molar-refractivity contribution in [2.24, 2.45) is 4.99 Å². The summed E-state index contributed by atoms with van der Waals surface area (Å²) in [6.45, 7) is -2.90. The van der Waals surface area contributed by atoms with Gasteiger partial charge in [0.1, 0.15) is 5.75 Å². The molecule has 0 fully saturated rings. The Bertz CT molecular complexity index is 1810. The van der Waals surface area contributed by atoms with E-state index in [9.17, 15) is 13.6 Å². The van der Waals surface area contributed by atoms with E-state index in [-0.39, 0.29) is 17.4 Å². The molecule has 0 unspecified atom stereocenters. The molecule has 9 heteroatoms. The molecule has 0 bridgehead atoms. The van der Waals surface area contributed by atoms with Crippen LogP contribution in [0.3, 0.4) is 0 Å². The number of rotatable bonds is 5. The van der Waals surface area contributed by atoms with Crippen LogP contribution in [0.15, 0.2) is 99.4 Å². The third-order valence-electron chi connectivity index (χ3n) is 6.93. The lowest BCUT2D eigenvalue weighted by molar-refractivity contribution is -0.0498. The lowest BCUT2D eigenvalue weighted by atomic mass is 9.84. The van der Waals surface area contributed by atoms with Gasteiger partial charge in [-0.05, 0) is 95.6 Å². The van der Waals surface area contributed by atoms with Crippen LogP contribution in [0.2, 0.25) is 10.0 Å². The molecule has 1 aliphatic heterocycles. The van der Waals surface area contributed by atoms with Gasteiger partial charge in [0.15, 0.2) is 4.80 Å². The molecule has 202 valence electrons. The molecule has 0 saturated carbocycles. The average Bonchev–Trinajstić information content (AvgIpc) is 3.25. The van der Waals surface area contributed by atoms with Crippen molar-refractivity contribution in [1.82, 2.24) is 4.57 Å². The molecular formula is C31H22Cl2F2N2O2S. The van der Waals surface area contributed by atoms with E-state index >= 15 is 0 Å². The van der Waals surface area contributed by atoms with E-state index in [1.165, 1.54) is 23.5 Å². The maximum absolute atomic E-state index is 13.8. The van der Waals surface area contributed by atoms with Crippen molar-refractivity contribution >= 4 is 46.7 Å². The Labute approximate surface area is 242 Å². The summed E-state index contributed by atoms with van der Waals surface area (Å²) in [5.41, 5.74) is 5.67. The Hall–Kier alpha value is -3.52. The molecule has 3 aromatic carbocycles. The first-order valence-electron chi connectivity index (χ1n) is 12.7. The van der Waals surface area contributed by atoms with Crippen LogP contribution in [0.25, 0.3) is 12.2 Å². The van der Waals surface area contributed by atoms with Crippen molar-refractivity contribution in [3.05, 3.63) is 136 Å². The van der Waals surface area contributed by atoms with Crippen LogP contribution in [0.1, 0.15) is 42.0 Å². The summed E-state index contributed by atoms with van der Waals surface area (Å²) >= 11 is 13.6. The lowest BCUT2D eigenvalue weighted by Gasteiger charge is -2.31. The van der Waals surface area contributed by atoms with Gasteiger partial charge in [-0.2, -0.15) is 8.78 Å². The van der Waals surface area contributed by atoms with E-state index < -0.39 is 6.61 Å². The predicted molar refractivity (Wildman–Crippen MR) is 156 cm³/mol. The number of thiazole rings is 1. The largest absolute Gasteiger partial charge is 0.435 e. The summed E-state index contributed by atoms with van der Waals surface area (Å²) in [7, 11) is 0. The van der Waals surface area contributed by atoms with Gasteiger partial charge in [0.05, 0.1) is 16.3 Å². The number of fused-ring (bicyclic) bond motifs is 1. The maximum atomic E-state index is 13.8. The summed E-state index contributed by atoms with van der Waals surface area (Å²) < 4.78 is 31.8. The van der Waals surface area contributed by atoms with Gasteiger partial charge in [0.2, 0.25) is 0 Å². The van der Waals surface area contributed by atoms with Gasteiger partial charge in [-0.15, -0.1) is 0 Å². The van der Waals surface area contributed by atoms with Crippen LogP contribution in [0.4, 0.5) is 8.78 Å². The fraction of sp³-hybridized carbons (Fsp3) is 0.161. The zero-order valence-electron chi connectivity index (χ0n) is 21.0. The zero-order valence-corrected chi connectivity index (χ0v) is 23.3. The second-order valence-electron chi connectivity index (χ2n) is 9.53. The van der Waals surface area contributed by atoms with E-state index in [2.05, 4.69) is 10.8 Å². The molecule has 1 atom stereocenters. The third-order valence-corrected chi connectivity index (χ3v) is 8.42. The summed E-state index contributed by atoms with van der Waals surface area (Å²) in [4.78, 5) is 19.5. The topological polar surface area (TPSA) is 43.6 Å². The van der Waals surface area contributed by atoms with E-state index in [0.717, 1.165) is 47.2 Å². The molecule has 4 aromatic rings. The first kappa shape index (κ1) is 26.7. The number of hydrogen-bond donors (Lipinski definition) is 0. The molecule has 6 rings (SSSR count). The van der Waals surface area contributed by atoms with Crippen LogP contribution in [0.5, 0.6) is 5.75 Å². The van der Waals surface area contributed by atoms with Crippen molar-refractivity contribution in [3.63, 3.8) is 0 Å². The summed E-state index contributed by atoms with van der Waals surface area (Å²) in [6.07, 6.45) is 6.53. The Kier molecular flexibility index (Phi) is 7.45. The van der Waals surface area contributed by atoms with Gasteiger partial charge < -0.3 is 4.74 Å². The van der Waals surface area contributed by atoms with Crippen LogP contribution in [-0.4, -0.2) is 11.2 Å². The number of aromatic nitrogens is 1. The Morgan fingerprint density at radius 1 is 0.900 bits per heavy atom. The molecule has 4 nitrogen and oxygen atoms in total. The van der Waals surface area contributed by atoms with Crippen LogP contribution >= 0.6 is 34.5 Å². The number of allylic oxidation sites excluding steroid dienone is 2. The molecular weight excluding hydrogens is 573 g/mol. The minimum atomic E-state index is -2.90. The molecule has 0 radical (unpaired) electrons. The van der Waals surface area contributed by atoms with Gasteiger partial charge in [-0.25, -0.2) is 4.99 Å². The monoisotopic (exact) mass is 594 g/mol. The molecule has 2 heterocycles. The second-order valence-corrected chi connectivity index (χ2v) is 11.4. The molecule has 40 heavy (non-hydrogen) atoms. The van der Waals surface area contributed by atoms with Crippen molar-refractivity contribution in [2.75, 3.05) is 0 Å². The number of alkyl halides is 2. The summed E-state index contributed by atoms with van der Waals surface area (Å²) in [5.74, 6) is 0.0593. The lowest BCUT2D eigenvalue weighted by Crippen LogP contribution is -2.39. The Balaban J connectivity index is 1.50. The van der Waals surface area contributed by atoms with Gasteiger partial charge in [0.25, 0.3) is 5.56 Å². The van der Waals surface area contributed by atoms with E-state index in [1.54, 1.807) is 22.8 Å².